The molecule has 2 heterocycles. The lowest BCUT2D eigenvalue weighted by atomic mass is 9.96. The lowest BCUT2D eigenvalue weighted by Crippen LogP contribution is -2.32. The largest absolute Gasteiger partial charge is 0.492 e. The lowest BCUT2D eigenvalue weighted by molar-refractivity contribution is -0.121. The Morgan fingerprint density at radius 2 is 1.96 bits per heavy atom. The van der Waals surface area contributed by atoms with E-state index in [1.807, 2.05) is 54.6 Å². The summed E-state index contributed by atoms with van der Waals surface area (Å²) in [6, 6.07) is 17.6. The fourth-order valence-corrected chi connectivity index (χ4v) is 2.88. The fraction of sp³-hybridized carbons (Fsp3) is 0.158. The van der Waals surface area contributed by atoms with Gasteiger partial charge in [0, 0.05) is 5.39 Å². The normalized spacial score (nSPS) is 16.4. The Kier molecular flexibility index (Phi) is 3.42. The molecule has 0 spiro atoms. The van der Waals surface area contributed by atoms with Gasteiger partial charge in [0.2, 0.25) is 5.91 Å². The number of nitrogens with one attached hydrogen (secondary N) is 1. The molecule has 0 bridgehead atoms. The number of pyridine rings is 1. The van der Waals surface area contributed by atoms with Crippen LogP contribution in [0.5, 0.6) is 5.75 Å². The molecule has 2 aromatic carbocycles. The molecule has 4 nitrogen and oxygen atoms in total. The van der Waals surface area contributed by atoms with Crippen LogP contribution in [-0.4, -0.2) is 17.5 Å². The molecular formula is C19H16N2O2. The molecule has 0 saturated carbocycles. The van der Waals surface area contributed by atoms with Crippen LogP contribution in [0.4, 0.5) is 5.69 Å². The van der Waals surface area contributed by atoms with E-state index in [2.05, 4.69) is 10.3 Å². The third kappa shape index (κ3) is 2.75. The van der Waals surface area contributed by atoms with Crippen molar-refractivity contribution in [2.24, 2.45) is 5.92 Å². The molecule has 114 valence electrons. The molecule has 1 atom stereocenters. The average molecular weight is 304 g/mol. The number of aromatic nitrogens is 1. The standard InChI is InChI=1S/C19H16N2O2/c22-19(15-9-14-6-2-4-8-18(14)23-12-15)21-16-10-13-5-1-3-7-17(13)20-11-16/h1-8,10-11,15H,9,12H2,(H,21,22). The van der Waals surface area contributed by atoms with Gasteiger partial charge < -0.3 is 10.1 Å². The second-order valence-electron chi connectivity index (χ2n) is 5.73. The molecule has 3 aromatic rings. The Morgan fingerprint density at radius 3 is 2.91 bits per heavy atom. The van der Waals surface area contributed by atoms with Crippen molar-refractivity contribution in [1.29, 1.82) is 0 Å². The molecule has 0 fully saturated rings. The number of rotatable bonds is 2. The van der Waals surface area contributed by atoms with Crippen molar-refractivity contribution >= 4 is 22.5 Å². The number of carbonyl (C=O) groups excluding carboxylic acids is 1. The second-order valence-corrected chi connectivity index (χ2v) is 5.73. The number of hydrogen-bond acceptors (Lipinski definition) is 3. The van der Waals surface area contributed by atoms with E-state index in [1.165, 1.54) is 0 Å². The van der Waals surface area contributed by atoms with Gasteiger partial charge in [-0.3, -0.25) is 9.78 Å². The number of fused-ring (bicyclic) bond motifs is 2. The molecule has 1 unspecified atom stereocenters. The number of benzene rings is 2. The van der Waals surface area contributed by atoms with E-state index in [9.17, 15) is 4.79 Å². The third-order valence-electron chi connectivity index (χ3n) is 4.11. The summed E-state index contributed by atoms with van der Waals surface area (Å²) in [5, 5.41) is 3.96. The second kappa shape index (κ2) is 5.72. The van der Waals surface area contributed by atoms with Crippen molar-refractivity contribution in [3.8, 4) is 5.75 Å². The first-order chi connectivity index (χ1) is 11.3. The highest BCUT2D eigenvalue weighted by Gasteiger charge is 2.25. The summed E-state index contributed by atoms with van der Waals surface area (Å²) in [5.41, 5.74) is 2.71. The molecule has 0 radical (unpaired) electrons. The molecule has 1 N–H and O–H groups in total. The number of ether oxygens (including phenoxy) is 1. The van der Waals surface area contributed by atoms with Crippen LogP contribution in [0.3, 0.4) is 0 Å². The first-order valence-corrected chi connectivity index (χ1v) is 7.66. The summed E-state index contributed by atoms with van der Waals surface area (Å²) < 4.78 is 5.69. The van der Waals surface area contributed by atoms with E-state index in [0.29, 0.717) is 18.7 Å². The van der Waals surface area contributed by atoms with Crippen LogP contribution in [0.15, 0.2) is 60.8 Å². The van der Waals surface area contributed by atoms with Gasteiger partial charge in [-0.1, -0.05) is 36.4 Å². The van der Waals surface area contributed by atoms with E-state index in [1.54, 1.807) is 6.20 Å². The Bertz CT molecular complexity index is 876. The van der Waals surface area contributed by atoms with Gasteiger partial charge in [-0.05, 0) is 30.2 Å². The fourth-order valence-electron chi connectivity index (χ4n) is 2.88. The summed E-state index contributed by atoms with van der Waals surface area (Å²) in [6.07, 6.45) is 2.39. The number of nitrogens with zero attached hydrogens (tertiary/aromatic N) is 1. The van der Waals surface area contributed by atoms with Gasteiger partial charge in [0.05, 0.1) is 23.3 Å². The molecule has 1 amide bonds. The van der Waals surface area contributed by atoms with Gasteiger partial charge in [-0.15, -0.1) is 0 Å². The molecular weight excluding hydrogens is 288 g/mol. The van der Waals surface area contributed by atoms with E-state index in [0.717, 1.165) is 22.2 Å². The topological polar surface area (TPSA) is 51.2 Å². The first kappa shape index (κ1) is 13.8. The molecule has 1 aliphatic rings. The Hall–Kier alpha value is -2.88. The van der Waals surface area contributed by atoms with E-state index in [-0.39, 0.29) is 11.8 Å². The smallest absolute Gasteiger partial charge is 0.231 e. The first-order valence-electron chi connectivity index (χ1n) is 7.66. The van der Waals surface area contributed by atoms with E-state index >= 15 is 0 Å². The van der Waals surface area contributed by atoms with Crippen LogP contribution < -0.4 is 10.1 Å². The third-order valence-corrected chi connectivity index (χ3v) is 4.11. The van der Waals surface area contributed by atoms with Crippen molar-refractivity contribution in [3.63, 3.8) is 0 Å². The molecule has 1 aromatic heterocycles. The minimum Gasteiger partial charge on any atom is -0.492 e. The quantitative estimate of drug-likeness (QED) is 0.789. The summed E-state index contributed by atoms with van der Waals surface area (Å²) in [6.45, 7) is 0.407. The van der Waals surface area contributed by atoms with Crippen LogP contribution in [0.25, 0.3) is 10.9 Å². The minimum absolute atomic E-state index is 0.0309. The molecule has 4 rings (SSSR count). The Labute approximate surface area is 134 Å². The zero-order valence-corrected chi connectivity index (χ0v) is 12.5. The minimum atomic E-state index is -0.184. The molecule has 4 heteroatoms. The molecule has 0 saturated heterocycles. The molecule has 23 heavy (non-hydrogen) atoms. The summed E-state index contributed by atoms with van der Waals surface area (Å²) in [5.74, 6) is 0.664. The van der Waals surface area contributed by atoms with Crippen LogP contribution in [0, 0.1) is 5.92 Å². The average Bonchev–Trinajstić information content (AvgIpc) is 2.61. The van der Waals surface area contributed by atoms with Gasteiger partial charge in [0.15, 0.2) is 0 Å². The van der Waals surface area contributed by atoms with Crippen molar-refractivity contribution in [1.82, 2.24) is 4.98 Å². The zero-order chi connectivity index (χ0) is 15.6. The van der Waals surface area contributed by atoms with Crippen LogP contribution in [0.2, 0.25) is 0 Å². The maximum Gasteiger partial charge on any atom is 0.231 e. The van der Waals surface area contributed by atoms with Gasteiger partial charge >= 0.3 is 0 Å². The van der Waals surface area contributed by atoms with E-state index < -0.39 is 0 Å². The predicted octanol–water partition coefficient (Wildman–Crippen LogP) is 3.42. The highest BCUT2D eigenvalue weighted by atomic mass is 16.5. The Balaban J connectivity index is 1.51. The number of anilines is 1. The SMILES string of the molecule is O=C(Nc1cnc2ccccc2c1)C1COc2ccccc2C1. The zero-order valence-electron chi connectivity index (χ0n) is 12.5. The van der Waals surface area contributed by atoms with Gasteiger partial charge in [-0.2, -0.15) is 0 Å². The molecule has 1 aliphatic heterocycles. The highest BCUT2D eigenvalue weighted by Crippen LogP contribution is 2.27. The Morgan fingerprint density at radius 1 is 1.13 bits per heavy atom. The van der Waals surface area contributed by atoms with E-state index in [4.69, 9.17) is 4.74 Å². The van der Waals surface area contributed by atoms with Crippen LogP contribution >= 0.6 is 0 Å². The van der Waals surface area contributed by atoms with Crippen molar-refractivity contribution in [2.45, 2.75) is 6.42 Å². The van der Waals surface area contributed by atoms with Crippen molar-refractivity contribution in [2.75, 3.05) is 11.9 Å². The number of para-hydroxylation sites is 2. The van der Waals surface area contributed by atoms with Gasteiger partial charge in [0.1, 0.15) is 12.4 Å². The predicted molar refractivity (Wildman–Crippen MR) is 89.5 cm³/mol. The van der Waals surface area contributed by atoms with Crippen LogP contribution in [-0.2, 0) is 11.2 Å². The van der Waals surface area contributed by atoms with Gasteiger partial charge in [-0.25, -0.2) is 0 Å². The van der Waals surface area contributed by atoms with Crippen molar-refractivity contribution < 1.29 is 9.53 Å². The maximum atomic E-state index is 12.5. The van der Waals surface area contributed by atoms with Crippen LogP contribution in [0.1, 0.15) is 5.56 Å². The summed E-state index contributed by atoms with van der Waals surface area (Å²) in [7, 11) is 0. The number of carbonyl (C=O) groups is 1. The van der Waals surface area contributed by atoms with Crippen molar-refractivity contribution in [3.05, 3.63) is 66.4 Å². The maximum absolute atomic E-state index is 12.5. The highest BCUT2D eigenvalue weighted by molar-refractivity contribution is 5.94. The lowest BCUT2D eigenvalue weighted by Gasteiger charge is -2.24. The monoisotopic (exact) mass is 304 g/mol. The number of amides is 1. The summed E-state index contributed by atoms with van der Waals surface area (Å²) >= 11 is 0. The molecule has 0 aliphatic carbocycles. The summed E-state index contributed by atoms with van der Waals surface area (Å²) in [4.78, 5) is 16.9. The number of hydrogen-bond donors (Lipinski definition) is 1. The van der Waals surface area contributed by atoms with Gasteiger partial charge in [0.25, 0.3) is 0 Å².